The molecule has 0 fully saturated rings. The number of rotatable bonds is 43. The smallest absolute Gasteiger partial charge is 0.462 e. The maximum absolute atomic E-state index is 12.4. The lowest BCUT2D eigenvalue weighted by Crippen LogP contribution is -2.29. The van der Waals surface area contributed by atoms with Crippen LogP contribution >= 0.6 is 7.82 Å². The Labute approximate surface area is 332 Å². The van der Waals surface area contributed by atoms with E-state index in [1.807, 2.05) is 6.08 Å². The molecule has 318 valence electrons. The number of unbranched alkanes of at least 4 members (excludes halogenated alkanes) is 30. The van der Waals surface area contributed by atoms with Crippen LogP contribution in [0.1, 0.15) is 232 Å². The van der Waals surface area contributed by atoms with Crippen molar-refractivity contribution in [1.29, 1.82) is 0 Å². The summed E-state index contributed by atoms with van der Waals surface area (Å²) in [6, 6.07) is 0. The van der Waals surface area contributed by atoms with Gasteiger partial charge < -0.3 is 19.3 Å². The monoisotopic (exact) mass is 785 g/mol. The van der Waals surface area contributed by atoms with Crippen LogP contribution in [-0.4, -0.2) is 41.0 Å². The zero-order valence-corrected chi connectivity index (χ0v) is 35.9. The summed E-state index contributed by atoms with van der Waals surface area (Å²) in [5.74, 6) is -0.878. The van der Waals surface area contributed by atoms with Crippen molar-refractivity contribution in [1.82, 2.24) is 0 Å². The van der Waals surface area contributed by atoms with Crippen LogP contribution in [0.2, 0.25) is 0 Å². The van der Waals surface area contributed by atoms with E-state index in [0.717, 1.165) is 44.9 Å². The van der Waals surface area contributed by atoms with Crippen LogP contribution in [0.25, 0.3) is 0 Å². The predicted molar refractivity (Wildman–Crippen MR) is 225 cm³/mol. The van der Waals surface area contributed by atoms with Gasteiger partial charge in [0.1, 0.15) is 6.61 Å². The van der Waals surface area contributed by atoms with E-state index in [0.29, 0.717) is 6.42 Å². The molecule has 0 aromatic heterocycles. The van der Waals surface area contributed by atoms with Crippen LogP contribution in [-0.2, 0) is 28.2 Å². The van der Waals surface area contributed by atoms with Crippen LogP contribution in [0, 0.1) is 0 Å². The Morgan fingerprint density at radius 1 is 0.519 bits per heavy atom. The number of allylic oxidation sites excluding steroid dienone is 3. The SMILES string of the molecule is C=CCCCCCCCCCCCCCCCC(=O)O[C@H](COC(=O)CCCCCCCCCCCCC/C=C/CCCCCCCC)COP(=O)(O)O. The van der Waals surface area contributed by atoms with Gasteiger partial charge in [0.2, 0.25) is 0 Å². The normalized spacial score (nSPS) is 12.4. The number of carbonyl (C=O) groups excluding carboxylic acids is 2. The summed E-state index contributed by atoms with van der Waals surface area (Å²) in [5.41, 5.74) is 0. The molecule has 0 rings (SSSR count). The highest BCUT2D eigenvalue weighted by molar-refractivity contribution is 7.46. The maximum atomic E-state index is 12.4. The molecule has 0 aromatic carbocycles. The summed E-state index contributed by atoms with van der Waals surface area (Å²) in [4.78, 5) is 42.9. The van der Waals surface area contributed by atoms with Crippen LogP contribution in [0.15, 0.2) is 24.8 Å². The summed E-state index contributed by atoms with van der Waals surface area (Å²) in [6.07, 6.45) is 46.5. The van der Waals surface area contributed by atoms with Gasteiger partial charge in [0.15, 0.2) is 6.10 Å². The zero-order valence-electron chi connectivity index (χ0n) is 35.0. The van der Waals surface area contributed by atoms with Crippen LogP contribution < -0.4 is 0 Å². The minimum atomic E-state index is -4.75. The fourth-order valence-electron chi connectivity index (χ4n) is 6.70. The van der Waals surface area contributed by atoms with E-state index in [-0.39, 0.29) is 19.4 Å². The standard InChI is InChI=1S/C45H85O8P/c1-3-5-7-9-11-13-15-17-19-20-21-22-23-24-26-27-29-31-33-35-37-39-44(46)51-41-43(42-52-54(48,49)50)53-45(47)40-38-36-34-32-30-28-25-18-16-14-12-10-8-6-4-2/h4,17,19,43H,2-3,5-16,18,20-42H2,1H3,(H2,48,49,50)/b19-17+/t43-/m1/s1. The van der Waals surface area contributed by atoms with Gasteiger partial charge in [-0.2, -0.15) is 0 Å². The quantitative estimate of drug-likeness (QED) is 0.0271. The van der Waals surface area contributed by atoms with Crippen molar-refractivity contribution in [2.45, 2.75) is 238 Å². The molecule has 54 heavy (non-hydrogen) atoms. The molecule has 0 radical (unpaired) electrons. The molecular formula is C45H85O8P. The van der Waals surface area contributed by atoms with Crippen molar-refractivity contribution < 1.29 is 37.9 Å². The number of phosphoric ester groups is 1. The number of hydrogen-bond acceptors (Lipinski definition) is 6. The van der Waals surface area contributed by atoms with Gasteiger partial charge in [0, 0.05) is 12.8 Å². The van der Waals surface area contributed by atoms with Gasteiger partial charge >= 0.3 is 19.8 Å². The molecule has 0 aliphatic carbocycles. The number of esters is 2. The van der Waals surface area contributed by atoms with Crippen LogP contribution in [0.5, 0.6) is 0 Å². The average Bonchev–Trinajstić information content (AvgIpc) is 3.14. The van der Waals surface area contributed by atoms with Crippen molar-refractivity contribution in [3.05, 3.63) is 24.8 Å². The number of hydrogen-bond donors (Lipinski definition) is 2. The highest BCUT2D eigenvalue weighted by atomic mass is 31.2. The van der Waals surface area contributed by atoms with Crippen molar-refractivity contribution in [3.8, 4) is 0 Å². The third kappa shape index (κ3) is 43.3. The predicted octanol–water partition coefficient (Wildman–Crippen LogP) is 14.0. The summed E-state index contributed by atoms with van der Waals surface area (Å²) in [6.45, 7) is 5.22. The van der Waals surface area contributed by atoms with Gasteiger partial charge in [0.05, 0.1) is 6.61 Å². The molecule has 0 bridgehead atoms. The highest BCUT2D eigenvalue weighted by Gasteiger charge is 2.23. The zero-order chi connectivity index (χ0) is 39.6. The lowest BCUT2D eigenvalue weighted by atomic mass is 10.0. The number of ether oxygens (including phenoxy) is 2. The molecule has 1 atom stereocenters. The first-order valence-corrected chi connectivity index (χ1v) is 24.1. The highest BCUT2D eigenvalue weighted by Crippen LogP contribution is 2.36. The Hall–Kier alpha value is -1.47. The van der Waals surface area contributed by atoms with Crippen LogP contribution in [0.4, 0.5) is 0 Å². The fourth-order valence-corrected chi connectivity index (χ4v) is 7.06. The minimum Gasteiger partial charge on any atom is -0.462 e. The molecule has 0 heterocycles. The first-order valence-electron chi connectivity index (χ1n) is 22.6. The van der Waals surface area contributed by atoms with Crippen molar-refractivity contribution >= 4 is 19.8 Å². The van der Waals surface area contributed by atoms with E-state index >= 15 is 0 Å². The molecule has 0 saturated carbocycles. The summed E-state index contributed by atoms with van der Waals surface area (Å²) < 4.78 is 26.4. The molecule has 0 aromatic rings. The first-order chi connectivity index (χ1) is 26.3. The summed E-state index contributed by atoms with van der Waals surface area (Å²) in [7, 11) is -4.75. The minimum absolute atomic E-state index is 0.213. The molecule has 9 heteroatoms. The van der Waals surface area contributed by atoms with Gasteiger partial charge in [-0.15, -0.1) is 6.58 Å². The first kappa shape index (κ1) is 52.5. The average molecular weight is 785 g/mol. The molecule has 0 unspecified atom stereocenters. The largest absolute Gasteiger partial charge is 0.469 e. The van der Waals surface area contributed by atoms with Crippen LogP contribution in [0.3, 0.4) is 0 Å². The second kappa shape index (κ2) is 41.2. The Kier molecular flexibility index (Phi) is 40.1. The van der Waals surface area contributed by atoms with E-state index in [2.05, 4.69) is 30.2 Å². The molecule has 0 aliphatic rings. The van der Waals surface area contributed by atoms with E-state index in [1.54, 1.807) is 0 Å². The van der Waals surface area contributed by atoms with Crippen molar-refractivity contribution in [2.75, 3.05) is 13.2 Å². The van der Waals surface area contributed by atoms with Gasteiger partial charge in [-0.25, -0.2) is 4.57 Å². The molecule has 8 nitrogen and oxygen atoms in total. The lowest BCUT2D eigenvalue weighted by Gasteiger charge is -2.18. The van der Waals surface area contributed by atoms with Crippen molar-refractivity contribution in [3.63, 3.8) is 0 Å². The second-order valence-electron chi connectivity index (χ2n) is 15.5. The summed E-state index contributed by atoms with van der Waals surface area (Å²) >= 11 is 0. The number of carbonyl (C=O) groups is 2. The van der Waals surface area contributed by atoms with Crippen molar-refractivity contribution in [2.24, 2.45) is 0 Å². The molecular weight excluding hydrogens is 699 g/mol. The topological polar surface area (TPSA) is 119 Å². The summed E-state index contributed by atoms with van der Waals surface area (Å²) in [5, 5.41) is 0. The molecule has 0 aliphatic heterocycles. The van der Waals surface area contributed by atoms with E-state index < -0.39 is 32.5 Å². The fraction of sp³-hybridized carbons (Fsp3) is 0.867. The lowest BCUT2D eigenvalue weighted by molar-refractivity contribution is -0.161. The molecule has 0 amide bonds. The Bertz CT molecular complexity index is 917. The van der Waals surface area contributed by atoms with E-state index in [1.165, 1.54) is 161 Å². The molecule has 0 spiro atoms. The third-order valence-corrected chi connectivity index (χ3v) is 10.6. The van der Waals surface area contributed by atoms with E-state index in [4.69, 9.17) is 19.3 Å². The van der Waals surface area contributed by atoms with Gasteiger partial charge in [-0.3, -0.25) is 14.1 Å². The second-order valence-corrected chi connectivity index (χ2v) is 16.7. The Morgan fingerprint density at radius 2 is 0.870 bits per heavy atom. The van der Waals surface area contributed by atoms with E-state index in [9.17, 15) is 14.2 Å². The number of phosphoric acid groups is 1. The maximum Gasteiger partial charge on any atom is 0.469 e. The molecule has 2 N–H and O–H groups in total. The van der Waals surface area contributed by atoms with Gasteiger partial charge in [-0.05, 0) is 51.4 Å². The Balaban J connectivity index is 3.82. The van der Waals surface area contributed by atoms with Gasteiger partial charge in [-0.1, -0.05) is 186 Å². The Morgan fingerprint density at radius 3 is 1.26 bits per heavy atom. The van der Waals surface area contributed by atoms with Gasteiger partial charge in [0.25, 0.3) is 0 Å². The third-order valence-electron chi connectivity index (χ3n) is 10.1. The molecule has 0 saturated heterocycles.